The van der Waals surface area contributed by atoms with Crippen molar-refractivity contribution in [3.8, 4) is 12.1 Å². The van der Waals surface area contributed by atoms with Gasteiger partial charge in [0.25, 0.3) is 0 Å². The van der Waals surface area contributed by atoms with Crippen LogP contribution in [0.15, 0.2) is 0 Å². The van der Waals surface area contributed by atoms with E-state index >= 15 is 0 Å². The molecule has 53 valence electrons. The Hall–Kier alpha value is 0.170. The first-order valence-electron chi connectivity index (χ1n) is 1.26. The summed E-state index contributed by atoms with van der Waals surface area (Å²) >= 11 is -0.250. The van der Waals surface area contributed by atoms with Crippen molar-refractivity contribution in [2.45, 2.75) is 0 Å². The second kappa shape index (κ2) is 60.9. The molecule has 0 aliphatic carbocycles. The van der Waals surface area contributed by atoms with Gasteiger partial charge in [0.1, 0.15) is 0 Å². The van der Waals surface area contributed by atoms with Gasteiger partial charge in [0.2, 0.25) is 0 Å². The molecule has 0 bridgehead atoms. The molecule has 0 aliphatic heterocycles. The summed E-state index contributed by atoms with van der Waals surface area (Å²) in [5, 5.41) is 26.5. The molecule has 0 aromatic rings. The van der Waals surface area contributed by atoms with Crippen molar-refractivity contribution >= 4 is 41.9 Å². The maximum atomic E-state index is 7.26. The van der Waals surface area contributed by atoms with Gasteiger partial charge in [-0.05, 0) is 0 Å². The van der Waals surface area contributed by atoms with E-state index in [9.17, 15) is 0 Å². The molecule has 0 fully saturated rings. The predicted molar refractivity (Wildman–Crippen MR) is 35.1 cm³/mol. The van der Waals surface area contributed by atoms with Gasteiger partial charge in [-0.3, -0.25) is 10.5 Å². The van der Waals surface area contributed by atoms with Crippen LogP contribution in [-0.2, 0) is 0 Å². The predicted octanol–water partition coefficient (Wildman–Crippen LogP) is 0.336. The van der Waals surface area contributed by atoms with E-state index in [4.69, 9.17) is 30.1 Å². The Morgan fingerprint density at radius 2 is 1.10 bits per heavy atom. The van der Waals surface area contributed by atoms with Gasteiger partial charge in [-0.15, -0.1) is 0 Å². The van der Waals surface area contributed by atoms with E-state index in [2.05, 4.69) is 0 Å². The zero-order valence-corrected chi connectivity index (χ0v) is 7.91. The van der Waals surface area contributed by atoms with Gasteiger partial charge in [0.05, 0.1) is 0 Å². The molecule has 0 rings (SSSR count). The summed E-state index contributed by atoms with van der Waals surface area (Å²) in [4.78, 5) is 0. The standard InChI is InChI=1S/C2N2.Na.H2O2S.H2O2/c3-1-2-4;;1-3-2;1-2/h;;1-2H;1-2H. The fourth-order valence-electron chi connectivity index (χ4n) is 0. The Morgan fingerprint density at radius 3 is 1.10 bits per heavy atom. The normalized spacial score (nSPS) is 3.40. The molecular formula is C2H4N2NaO4S. The Bertz CT molecular complexity index is 86.4. The quantitative estimate of drug-likeness (QED) is 0.181. The maximum Gasteiger partial charge on any atom is 0.181 e. The van der Waals surface area contributed by atoms with Crippen LogP contribution in [0.25, 0.3) is 0 Å². The first-order valence-corrected chi connectivity index (χ1v) is 1.99. The van der Waals surface area contributed by atoms with E-state index < -0.39 is 0 Å². The van der Waals surface area contributed by atoms with E-state index in [0.29, 0.717) is 0 Å². The van der Waals surface area contributed by atoms with E-state index in [1.165, 1.54) is 12.1 Å². The third-order valence-corrected chi connectivity index (χ3v) is 0.0500. The van der Waals surface area contributed by atoms with Crippen LogP contribution in [0, 0.1) is 22.7 Å². The van der Waals surface area contributed by atoms with Crippen molar-refractivity contribution in [1.82, 2.24) is 0 Å². The Labute approximate surface area is 84.0 Å². The smallest absolute Gasteiger partial charge is 0.181 e. The van der Waals surface area contributed by atoms with Gasteiger partial charge in [-0.25, -0.2) is 0 Å². The summed E-state index contributed by atoms with van der Waals surface area (Å²) in [6.45, 7) is 0. The van der Waals surface area contributed by atoms with E-state index in [0.717, 1.165) is 0 Å². The average Bonchev–Trinajstić information content (AvgIpc) is 1.94. The van der Waals surface area contributed by atoms with E-state index in [-0.39, 0.29) is 41.9 Å². The SMILES string of the molecule is N#CC#N.OO.OSO.[Na]. The second-order valence-electron chi connectivity index (χ2n) is 0.305. The maximum absolute atomic E-state index is 7.26. The summed E-state index contributed by atoms with van der Waals surface area (Å²) in [6.07, 6.45) is 0. The van der Waals surface area contributed by atoms with Gasteiger partial charge in [-0.2, -0.15) is 10.5 Å². The molecule has 1 radical (unpaired) electrons. The number of rotatable bonds is 0. The zero-order valence-electron chi connectivity index (χ0n) is 5.09. The topological polar surface area (TPSA) is 128 Å². The van der Waals surface area contributed by atoms with Crippen molar-refractivity contribution in [3.05, 3.63) is 0 Å². The van der Waals surface area contributed by atoms with Crippen LogP contribution < -0.4 is 0 Å². The molecular weight excluding hydrogens is 171 g/mol. The van der Waals surface area contributed by atoms with Gasteiger partial charge in [0.15, 0.2) is 24.5 Å². The molecule has 0 atom stereocenters. The van der Waals surface area contributed by atoms with E-state index in [1.807, 2.05) is 0 Å². The molecule has 0 saturated carbocycles. The Balaban J connectivity index is -0.0000000273. The van der Waals surface area contributed by atoms with Crippen molar-refractivity contribution in [2.75, 3.05) is 0 Å². The summed E-state index contributed by atoms with van der Waals surface area (Å²) in [5.74, 6) is 0. The van der Waals surface area contributed by atoms with Crippen LogP contribution in [-0.4, -0.2) is 49.2 Å². The Kier molecular flexibility index (Phi) is 137. The number of nitriles is 2. The fourth-order valence-corrected chi connectivity index (χ4v) is 0. The monoisotopic (exact) mass is 175 g/mol. The molecule has 0 spiro atoms. The zero-order chi connectivity index (χ0) is 8.12. The number of hydrogen-bond acceptors (Lipinski definition) is 7. The first kappa shape index (κ1) is 22.5. The molecule has 8 heteroatoms. The minimum absolute atomic E-state index is 0. The van der Waals surface area contributed by atoms with Crippen molar-refractivity contribution in [2.24, 2.45) is 0 Å². The minimum Gasteiger partial charge on any atom is -0.307 e. The van der Waals surface area contributed by atoms with E-state index in [1.54, 1.807) is 0 Å². The summed E-state index contributed by atoms with van der Waals surface area (Å²) in [5.41, 5.74) is 0. The first-order chi connectivity index (χ1) is 4.33. The number of hydrogen-bond donors (Lipinski definition) is 4. The van der Waals surface area contributed by atoms with Crippen LogP contribution in [0.5, 0.6) is 0 Å². The fraction of sp³-hybridized carbons (Fsp3) is 0. The third kappa shape index (κ3) is 307. The number of nitrogens with zero attached hydrogens (tertiary/aromatic N) is 2. The van der Waals surface area contributed by atoms with Crippen LogP contribution in [0.2, 0.25) is 0 Å². The molecule has 0 heterocycles. The molecule has 0 saturated heterocycles. The van der Waals surface area contributed by atoms with Crippen molar-refractivity contribution in [1.29, 1.82) is 10.5 Å². The molecule has 0 aromatic heterocycles. The molecule has 0 aliphatic rings. The average molecular weight is 175 g/mol. The molecule has 0 amide bonds. The summed E-state index contributed by atoms with van der Waals surface area (Å²) < 4.78 is 14.1. The van der Waals surface area contributed by atoms with Gasteiger partial charge >= 0.3 is 0 Å². The van der Waals surface area contributed by atoms with Gasteiger partial charge in [-0.1, -0.05) is 0 Å². The second-order valence-corrected chi connectivity index (χ2v) is 0.469. The molecule has 0 aromatic carbocycles. The van der Waals surface area contributed by atoms with Gasteiger partial charge < -0.3 is 9.11 Å². The molecule has 6 nitrogen and oxygen atoms in total. The molecule has 4 N–H and O–H groups in total. The van der Waals surface area contributed by atoms with Crippen LogP contribution in [0.1, 0.15) is 0 Å². The summed E-state index contributed by atoms with van der Waals surface area (Å²) in [6, 6.07) is 2.47. The minimum atomic E-state index is -0.250. The summed E-state index contributed by atoms with van der Waals surface area (Å²) in [7, 11) is 0. The van der Waals surface area contributed by atoms with Crippen molar-refractivity contribution in [3.63, 3.8) is 0 Å². The Morgan fingerprint density at radius 1 is 1.00 bits per heavy atom. The molecule has 0 unspecified atom stereocenters. The van der Waals surface area contributed by atoms with Gasteiger partial charge in [0, 0.05) is 29.6 Å². The van der Waals surface area contributed by atoms with Crippen LogP contribution in [0.3, 0.4) is 0 Å². The van der Waals surface area contributed by atoms with Crippen LogP contribution in [0.4, 0.5) is 0 Å². The van der Waals surface area contributed by atoms with Crippen LogP contribution >= 0.6 is 12.3 Å². The third-order valence-electron chi connectivity index (χ3n) is 0.0500. The van der Waals surface area contributed by atoms with Crippen molar-refractivity contribution < 1.29 is 19.6 Å². The largest absolute Gasteiger partial charge is 0.307 e. The molecule has 10 heavy (non-hydrogen) atoms.